The Hall–Kier alpha value is -5.92. The van der Waals surface area contributed by atoms with Crippen molar-refractivity contribution in [1.82, 2.24) is 4.57 Å². The zero-order valence-corrected chi connectivity index (χ0v) is 29.0. The third-order valence-corrected chi connectivity index (χ3v) is 12.6. The van der Waals surface area contributed by atoms with Crippen molar-refractivity contribution in [3.8, 4) is 50.2 Å². The van der Waals surface area contributed by atoms with Gasteiger partial charge in [-0.3, -0.25) is 0 Å². The molecule has 0 amide bonds. The minimum atomic E-state index is 0.256. The molecule has 0 unspecified atom stereocenters. The van der Waals surface area contributed by atoms with Gasteiger partial charge in [-0.05, 0) is 0 Å². The first-order valence-electron chi connectivity index (χ1n) is 17.1. The molecule has 0 fully saturated rings. The van der Waals surface area contributed by atoms with Gasteiger partial charge in [0.25, 0.3) is 0 Å². The monoisotopic (exact) mass is 701 g/mol. The van der Waals surface area contributed by atoms with Gasteiger partial charge in [-0.2, -0.15) is 0 Å². The molecule has 10 rings (SSSR count). The molecule has 10 aromatic rings. The van der Waals surface area contributed by atoms with Gasteiger partial charge in [-0.1, -0.05) is 12.1 Å². The van der Waals surface area contributed by atoms with Gasteiger partial charge in [0.15, 0.2) is 0 Å². The first-order chi connectivity index (χ1) is 24.8. The predicted octanol–water partition coefficient (Wildman–Crippen LogP) is 12.8. The minimum absolute atomic E-state index is 0.256. The molecule has 0 spiro atoms. The molecule has 2 aromatic heterocycles. The predicted molar refractivity (Wildman–Crippen MR) is 214 cm³/mol. The van der Waals surface area contributed by atoms with E-state index in [4.69, 9.17) is 0 Å². The van der Waals surface area contributed by atoms with Crippen LogP contribution >= 0.6 is 0 Å². The van der Waals surface area contributed by atoms with Gasteiger partial charge >= 0.3 is 286 Å². The molecule has 1 nitrogen and oxygen atoms in total. The third-order valence-electron chi connectivity index (χ3n) is 10.00. The van der Waals surface area contributed by atoms with Crippen LogP contribution in [0.2, 0.25) is 0 Å². The number of hydrogen-bond donors (Lipinski definition) is 0. The Bertz CT molecular complexity index is 2840. The van der Waals surface area contributed by atoms with Gasteiger partial charge in [0.1, 0.15) is 0 Å². The molecule has 0 radical (unpaired) electrons. The molecular weight excluding hydrogens is 669 g/mol. The van der Waals surface area contributed by atoms with Crippen molar-refractivity contribution in [1.29, 1.82) is 0 Å². The summed E-state index contributed by atoms with van der Waals surface area (Å²) in [4.78, 5) is 0. The van der Waals surface area contributed by atoms with Crippen molar-refractivity contribution in [2.45, 2.75) is 0 Å². The molecule has 0 atom stereocenters. The summed E-state index contributed by atoms with van der Waals surface area (Å²) in [5, 5.41) is 5.30. The molecule has 0 saturated carbocycles. The number of fused-ring (bicyclic) bond motifs is 6. The first kappa shape index (κ1) is 29.0. The van der Waals surface area contributed by atoms with Crippen LogP contribution in [0, 0.1) is 0 Å². The average Bonchev–Trinajstić information content (AvgIpc) is 3.74. The summed E-state index contributed by atoms with van der Waals surface area (Å²) in [5.74, 6) is 0. The molecule has 0 N–H and O–H groups in total. The number of hydrogen-bond acceptors (Lipinski definition) is 0. The van der Waals surface area contributed by atoms with E-state index in [0.717, 1.165) is 0 Å². The molecule has 2 heteroatoms. The average molecular weight is 701 g/mol. The molecule has 50 heavy (non-hydrogen) atoms. The van der Waals surface area contributed by atoms with E-state index in [0.29, 0.717) is 0 Å². The van der Waals surface area contributed by atoms with Gasteiger partial charge in [0, 0.05) is 0 Å². The van der Waals surface area contributed by atoms with Crippen LogP contribution in [0.3, 0.4) is 0 Å². The fourth-order valence-electron chi connectivity index (χ4n) is 7.58. The van der Waals surface area contributed by atoms with Crippen LogP contribution in [0.4, 0.5) is 0 Å². The Morgan fingerprint density at radius 2 is 0.880 bits per heavy atom. The van der Waals surface area contributed by atoms with E-state index in [-0.39, 0.29) is 14.5 Å². The molecule has 0 aliphatic carbocycles. The molecule has 0 aliphatic rings. The van der Waals surface area contributed by atoms with E-state index in [1.807, 2.05) is 0 Å². The second-order valence-electron chi connectivity index (χ2n) is 12.9. The number of para-hydroxylation sites is 2. The fourth-order valence-corrected chi connectivity index (χ4v) is 10.2. The fraction of sp³-hybridized carbons (Fsp3) is 0. The zero-order chi connectivity index (χ0) is 33.0. The van der Waals surface area contributed by atoms with Crippen LogP contribution < -0.4 is 0 Å². The topological polar surface area (TPSA) is 4.93 Å². The normalized spacial score (nSPS) is 11.6. The van der Waals surface area contributed by atoms with Crippen LogP contribution in [0.1, 0.15) is 0 Å². The van der Waals surface area contributed by atoms with Crippen molar-refractivity contribution >= 4 is 55.6 Å². The van der Waals surface area contributed by atoms with E-state index in [1.165, 1.54) is 91.3 Å². The van der Waals surface area contributed by atoms with Gasteiger partial charge < -0.3 is 0 Å². The summed E-state index contributed by atoms with van der Waals surface area (Å²) in [5.41, 5.74) is 13.5. The molecular formula is C48H31NSe. The molecule has 8 aromatic carbocycles. The standard InChI is InChI=1S/C48H31NSe/c1-3-12-32(13-4-1)33-22-24-34(25-23-33)36-28-37(30-38(29-36)40-18-11-19-44-43-17-8-10-21-47(43)50-48(40)44)35-26-27-42-41-16-7-9-20-45(41)49(46(42)31-35)39-14-5-2-6-15-39/h1-31H. The number of rotatable bonds is 5. The van der Waals surface area contributed by atoms with Gasteiger partial charge in [-0.25, -0.2) is 0 Å². The second kappa shape index (κ2) is 11.9. The maximum atomic E-state index is 2.41. The van der Waals surface area contributed by atoms with Crippen LogP contribution in [-0.2, 0) is 0 Å². The molecule has 0 aliphatic heterocycles. The Labute approximate surface area is 297 Å². The number of aromatic nitrogens is 1. The van der Waals surface area contributed by atoms with Crippen LogP contribution in [0.5, 0.6) is 0 Å². The Balaban J connectivity index is 1.20. The van der Waals surface area contributed by atoms with E-state index in [2.05, 4.69) is 193 Å². The van der Waals surface area contributed by atoms with Crippen molar-refractivity contribution in [2.24, 2.45) is 0 Å². The van der Waals surface area contributed by atoms with E-state index in [1.54, 1.807) is 0 Å². The van der Waals surface area contributed by atoms with Gasteiger partial charge in [0.05, 0.1) is 0 Å². The Kier molecular flexibility index (Phi) is 6.91. The van der Waals surface area contributed by atoms with Gasteiger partial charge in [-0.15, -0.1) is 0 Å². The maximum absolute atomic E-state index is 2.41. The van der Waals surface area contributed by atoms with E-state index >= 15 is 0 Å². The third kappa shape index (κ3) is 4.84. The Morgan fingerprint density at radius 1 is 0.320 bits per heavy atom. The molecule has 0 bridgehead atoms. The molecule has 0 saturated heterocycles. The van der Waals surface area contributed by atoms with Crippen molar-refractivity contribution in [2.75, 3.05) is 0 Å². The summed E-state index contributed by atoms with van der Waals surface area (Å²) in [6.07, 6.45) is 0. The summed E-state index contributed by atoms with van der Waals surface area (Å²) in [6.45, 7) is 0. The van der Waals surface area contributed by atoms with E-state index in [9.17, 15) is 0 Å². The van der Waals surface area contributed by atoms with Crippen molar-refractivity contribution < 1.29 is 0 Å². The van der Waals surface area contributed by atoms with E-state index < -0.39 is 0 Å². The van der Waals surface area contributed by atoms with Gasteiger partial charge in [0.2, 0.25) is 0 Å². The van der Waals surface area contributed by atoms with Crippen molar-refractivity contribution in [3.63, 3.8) is 0 Å². The van der Waals surface area contributed by atoms with Crippen LogP contribution in [-0.4, -0.2) is 19.1 Å². The van der Waals surface area contributed by atoms with Crippen LogP contribution in [0.25, 0.3) is 91.3 Å². The summed E-state index contributed by atoms with van der Waals surface area (Å²) < 4.78 is 5.35. The summed E-state index contributed by atoms with van der Waals surface area (Å²) in [6, 6.07) is 69.1. The van der Waals surface area contributed by atoms with Crippen LogP contribution in [0.15, 0.2) is 188 Å². The number of nitrogens with zero attached hydrogens (tertiary/aromatic N) is 1. The SMILES string of the molecule is c1ccc(-c2ccc(-c3cc(-c4ccc5c6ccccc6n(-c6ccccc6)c5c4)cc(-c4cccc5c4[se]c4ccccc45)c3)cc2)cc1. The Morgan fingerprint density at radius 3 is 1.68 bits per heavy atom. The second-order valence-corrected chi connectivity index (χ2v) is 15.2. The zero-order valence-electron chi connectivity index (χ0n) is 27.3. The molecule has 234 valence electrons. The first-order valence-corrected chi connectivity index (χ1v) is 18.8. The summed E-state index contributed by atoms with van der Waals surface area (Å²) >= 11 is 0.256. The molecule has 2 heterocycles. The van der Waals surface area contributed by atoms with Crippen molar-refractivity contribution in [3.05, 3.63) is 188 Å². The summed E-state index contributed by atoms with van der Waals surface area (Å²) in [7, 11) is 0. The quantitative estimate of drug-likeness (QED) is 0.158. The number of benzene rings is 8.